The van der Waals surface area contributed by atoms with E-state index < -0.39 is 5.41 Å². The van der Waals surface area contributed by atoms with E-state index in [9.17, 15) is 4.79 Å². The Labute approximate surface area is 111 Å². The Kier molecular flexibility index (Phi) is 5.39. The van der Waals surface area contributed by atoms with E-state index in [1.807, 2.05) is 48.5 Å². The van der Waals surface area contributed by atoms with E-state index in [1.165, 1.54) is 0 Å². The minimum atomic E-state index is -0.529. The number of rotatable bonds is 7. The van der Waals surface area contributed by atoms with E-state index in [0.717, 1.165) is 6.42 Å². The lowest BCUT2D eigenvalue weighted by Gasteiger charge is -2.36. The Bertz CT molecular complexity index is 291. The highest BCUT2D eigenvalue weighted by Crippen LogP contribution is 2.34. The van der Waals surface area contributed by atoms with Crippen LogP contribution in [0.15, 0.2) is 0 Å². The Morgan fingerprint density at radius 1 is 1.17 bits per heavy atom. The molecule has 0 aliphatic heterocycles. The Balaban J connectivity index is 4.54. The summed E-state index contributed by atoms with van der Waals surface area (Å²) in [4.78, 5) is 11.4. The minimum Gasteiger partial charge on any atom is -0.374 e. The summed E-state index contributed by atoms with van der Waals surface area (Å²) in [6.07, 6.45) is 0.763. The van der Waals surface area contributed by atoms with Crippen LogP contribution in [-0.4, -0.2) is 23.7 Å². The van der Waals surface area contributed by atoms with Crippen LogP contribution in [0.4, 0.5) is 0 Å². The van der Waals surface area contributed by atoms with Gasteiger partial charge in [-0.1, -0.05) is 20.8 Å². The third-order valence-corrected chi connectivity index (χ3v) is 3.50. The molecule has 0 saturated carbocycles. The molecule has 0 aliphatic carbocycles. The molecule has 0 aliphatic rings. The summed E-state index contributed by atoms with van der Waals surface area (Å²) in [5.74, 6) is -0.129. The zero-order chi connectivity index (χ0) is 14.8. The third-order valence-electron chi connectivity index (χ3n) is 3.50. The molecule has 0 saturated heterocycles. The van der Waals surface area contributed by atoms with Crippen molar-refractivity contribution in [2.45, 2.75) is 66.0 Å². The van der Waals surface area contributed by atoms with Crippen LogP contribution in [-0.2, 0) is 9.53 Å². The first-order valence-electron chi connectivity index (χ1n) is 6.51. The average molecular weight is 258 g/mol. The molecule has 4 heteroatoms. The second kappa shape index (κ2) is 5.57. The quantitative estimate of drug-likeness (QED) is 0.733. The van der Waals surface area contributed by atoms with Gasteiger partial charge in [-0.15, -0.1) is 0 Å². The van der Waals surface area contributed by atoms with Crippen LogP contribution in [0.1, 0.15) is 54.9 Å². The van der Waals surface area contributed by atoms with Gasteiger partial charge < -0.3 is 16.2 Å². The van der Waals surface area contributed by atoms with Crippen molar-refractivity contribution in [2.75, 3.05) is 6.61 Å². The second-order valence-electron chi connectivity index (χ2n) is 7.23. The van der Waals surface area contributed by atoms with Gasteiger partial charge >= 0.3 is 0 Å². The maximum atomic E-state index is 11.4. The summed E-state index contributed by atoms with van der Waals surface area (Å²) in [7, 11) is 0. The summed E-state index contributed by atoms with van der Waals surface area (Å²) in [5, 5.41) is 0. The van der Waals surface area contributed by atoms with Crippen molar-refractivity contribution in [1.82, 2.24) is 0 Å². The molecular formula is C14H30N2O2. The van der Waals surface area contributed by atoms with Crippen molar-refractivity contribution in [3.05, 3.63) is 0 Å². The van der Waals surface area contributed by atoms with Gasteiger partial charge in [0.05, 0.1) is 12.2 Å². The fraction of sp³-hybridized carbons (Fsp3) is 0.929. The van der Waals surface area contributed by atoms with Gasteiger partial charge in [0.25, 0.3) is 0 Å². The first kappa shape index (κ1) is 17.4. The van der Waals surface area contributed by atoms with Crippen LogP contribution in [0, 0.1) is 11.3 Å². The number of nitrogens with two attached hydrogens (primary N) is 2. The number of hydrogen-bond donors (Lipinski definition) is 2. The standard InChI is InChI=1S/C14H30N2O2/c1-10(14(6,7)11(15)17)8-13(4,5)18-9-12(2,3)16/h10H,8-9,16H2,1-7H3,(H2,15,17). The number of primary amides is 1. The lowest BCUT2D eigenvalue weighted by Crippen LogP contribution is -2.44. The molecule has 0 fully saturated rings. The highest BCUT2D eigenvalue weighted by atomic mass is 16.5. The zero-order valence-corrected chi connectivity index (χ0v) is 13.0. The monoisotopic (exact) mass is 258 g/mol. The lowest BCUT2D eigenvalue weighted by atomic mass is 9.74. The predicted octanol–water partition coefficient (Wildman–Crippen LogP) is 2.06. The number of amides is 1. The summed E-state index contributed by atoms with van der Waals surface area (Å²) in [5.41, 5.74) is 10.1. The summed E-state index contributed by atoms with van der Waals surface area (Å²) in [6, 6.07) is 0. The second-order valence-corrected chi connectivity index (χ2v) is 7.23. The van der Waals surface area contributed by atoms with Crippen LogP contribution in [0.25, 0.3) is 0 Å². The van der Waals surface area contributed by atoms with Gasteiger partial charge in [-0.2, -0.15) is 0 Å². The molecule has 1 atom stereocenters. The van der Waals surface area contributed by atoms with Gasteiger partial charge in [0.15, 0.2) is 0 Å². The first-order chi connectivity index (χ1) is 7.78. The van der Waals surface area contributed by atoms with Crippen molar-refractivity contribution < 1.29 is 9.53 Å². The molecule has 0 aromatic carbocycles. The van der Waals surface area contributed by atoms with Crippen LogP contribution >= 0.6 is 0 Å². The molecule has 1 unspecified atom stereocenters. The van der Waals surface area contributed by atoms with E-state index in [4.69, 9.17) is 16.2 Å². The summed E-state index contributed by atoms with van der Waals surface area (Å²) >= 11 is 0. The zero-order valence-electron chi connectivity index (χ0n) is 13.0. The highest BCUT2D eigenvalue weighted by Gasteiger charge is 2.36. The van der Waals surface area contributed by atoms with Gasteiger partial charge in [-0.05, 0) is 40.0 Å². The molecule has 108 valence electrons. The summed E-state index contributed by atoms with van der Waals surface area (Å²) in [6.45, 7) is 14.2. The topological polar surface area (TPSA) is 78.3 Å². The normalized spacial score (nSPS) is 15.6. The molecule has 18 heavy (non-hydrogen) atoms. The average Bonchev–Trinajstić information content (AvgIpc) is 2.13. The number of ether oxygens (including phenoxy) is 1. The molecule has 0 rings (SSSR count). The van der Waals surface area contributed by atoms with Crippen LogP contribution in [0.2, 0.25) is 0 Å². The van der Waals surface area contributed by atoms with Gasteiger partial charge in [-0.3, -0.25) is 4.79 Å². The SMILES string of the molecule is CC(CC(C)(C)OCC(C)(C)N)C(C)(C)C(N)=O. The van der Waals surface area contributed by atoms with Crippen molar-refractivity contribution in [3.63, 3.8) is 0 Å². The van der Waals surface area contributed by atoms with Crippen molar-refractivity contribution in [2.24, 2.45) is 22.8 Å². The summed E-state index contributed by atoms with van der Waals surface area (Å²) < 4.78 is 5.86. The molecule has 1 amide bonds. The van der Waals surface area contributed by atoms with Crippen LogP contribution in [0.3, 0.4) is 0 Å². The van der Waals surface area contributed by atoms with E-state index in [0.29, 0.717) is 6.61 Å². The van der Waals surface area contributed by atoms with Gasteiger partial charge in [0.1, 0.15) is 0 Å². The van der Waals surface area contributed by atoms with Crippen molar-refractivity contribution in [1.29, 1.82) is 0 Å². The fourth-order valence-corrected chi connectivity index (χ4v) is 1.68. The largest absolute Gasteiger partial charge is 0.374 e. The molecule has 0 aromatic heterocycles. The molecule has 0 bridgehead atoms. The van der Waals surface area contributed by atoms with E-state index in [1.54, 1.807) is 0 Å². The molecular weight excluding hydrogens is 228 g/mol. The predicted molar refractivity (Wildman–Crippen MR) is 75.1 cm³/mol. The minimum absolute atomic E-state index is 0.144. The number of hydrogen-bond acceptors (Lipinski definition) is 3. The molecule has 0 spiro atoms. The van der Waals surface area contributed by atoms with Crippen LogP contribution < -0.4 is 11.5 Å². The first-order valence-corrected chi connectivity index (χ1v) is 6.51. The van der Waals surface area contributed by atoms with E-state index in [-0.39, 0.29) is 23.0 Å². The maximum absolute atomic E-state index is 11.4. The van der Waals surface area contributed by atoms with Gasteiger partial charge in [0.2, 0.25) is 5.91 Å². The van der Waals surface area contributed by atoms with Gasteiger partial charge in [-0.25, -0.2) is 0 Å². The maximum Gasteiger partial charge on any atom is 0.223 e. The van der Waals surface area contributed by atoms with Gasteiger partial charge in [0, 0.05) is 11.0 Å². The van der Waals surface area contributed by atoms with Crippen molar-refractivity contribution >= 4 is 5.91 Å². The van der Waals surface area contributed by atoms with E-state index in [2.05, 4.69) is 0 Å². The molecule has 4 nitrogen and oxygen atoms in total. The Morgan fingerprint density at radius 2 is 1.61 bits per heavy atom. The van der Waals surface area contributed by atoms with E-state index >= 15 is 0 Å². The molecule has 4 N–H and O–H groups in total. The third kappa shape index (κ3) is 5.83. The molecule has 0 heterocycles. The molecule has 0 aromatic rings. The lowest BCUT2D eigenvalue weighted by molar-refractivity contribution is -0.130. The van der Waals surface area contributed by atoms with Crippen LogP contribution in [0.5, 0.6) is 0 Å². The smallest absolute Gasteiger partial charge is 0.223 e. The number of carbonyl (C=O) groups is 1. The van der Waals surface area contributed by atoms with Crippen molar-refractivity contribution in [3.8, 4) is 0 Å². The Hall–Kier alpha value is -0.610. The molecule has 0 radical (unpaired) electrons. The fourth-order valence-electron chi connectivity index (χ4n) is 1.68. The number of carbonyl (C=O) groups excluding carboxylic acids is 1. The Morgan fingerprint density at radius 3 is 1.94 bits per heavy atom. The highest BCUT2D eigenvalue weighted by molar-refractivity contribution is 5.80.